The van der Waals surface area contributed by atoms with Crippen molar-refractivity contribution in [2.24, 2.45) is 16.7 Å². The summed E-state index contributed by atoms with van der Waals surface area (Å²) < 4.78 is 0. The molecule has 1 nitrogen and oxygen atoms in total. The van der Waals surface area contributed by atoms with Crippen molar-refractivity contribution in [1.29, 1.82) is 0 Å². The average Bonchev–Trinajstić information content (AvgIpc) is 2.14. The third-order valence-electron chi connectivity index (χ3n) is 4.22. The largest absolute Gasteiger partial charge is 0.392 e. The molecule has 0 spiro atoms. The van der Waals surface area contributed by atoms with Crippen LogP contribution in [-0.2, 0) is 0 Å². The molecule has 0 aliphatic heterocycles. The van der Waals surface area contributed by atoms with Crippen LogP contribution in [0.2, 0.25) is 0 Å². The van der Waals surface area contributed by atoms with Crippen LogP contribution < -0.4 is 0 Å². The number of hydrogen-bond donors (Lipinski definition) is 1. The monoisotopic (exact) mass is 170 g/mol. The molecule has 1 heteroatoms. The molecule has 0 amide bonds. The second kappa shape index (κ2) is 2.73. The SMILES string of the molecule is CC[C@]1(C)CC(C)C(C)(C)[C@@H]1O. The molecule has 3 atom stereocenters. The number of rotatable bonds is 1. The molecule has 1 N–H and O–H groups in total. The second-order valence-corrected chi connectivity index (χ2v) is 5.34. The van der Waals surface area contributed by atoms with E-state index in [1.165, 1.54) is 0 Å². The lowest BCUT2D eigenvalue weighted by molar-refractivity contribution is -0.00818. The fourth-order valence-electron chi connectivity index (χ4n) is 2.58. The van der Waals surface area contributed by atoms with E-state index >= 15 is 0 Å². The maximum atomic E-state index is 10.1. The minimum atomic E-state index is -0.134. The molecule has 1 aliphatic rings. The summed E-state index contributed by atoms with van der Waals surface area (Å²) in [5.41, 5.74) is 0.258. The van der Waals surface area contributed by atoms with Crippen LogP contribution in [0.25, 0.3) is 0 Å². The van der Waals surface area contributed by atoms with Gasteiger partial charge in [0.1, 0.15) is 0 Å². The molecule has 1 aliphatic carbocycles. The highest BCUT2D eigenvalue weighted by Gasteiger charge is 2.51. The van der Waals surface area contributed by atoms with Crippen LogP contribution in [0.1, 0.15) is 47.5 Å². The van der Waals surface area contributed by atoms with Gasteiger partial charge in [-0.2, -0.15) is 0 Å². The normalized spacial score (nSPS) is 46.5. The summed E-state index contributed by atoms with van der Waals surface area (Å²) in [6, 6.07) is 0. The van der Waals surface area contributed by atoms with Crippen molar-refractivity contribution in [2.75, 3.05) is 0 Å². The van der Waals surface area contributed by atoms with E-state index in [2.05, 4.69) is 34.6 Å². The highest BCUT2D eigenvalue weighted by molar-refractivity contribution is 5.01. The number of hydrogen-bond acceptors (Lipinski definition) is 1. The van der Waals surface area contributed by atoms with Crippen molar-refractivity contribution < 1.29 is 5.11 Å². The number of aliphatic hydroxyl groups excluding tert-OH is 1. The van der Waals surface area contributed by atoms with Gasteiger partial charge in [-0.15, -0.1) is 0 Å². The second-order valence-electron chi connectivity index (χ2n) is 5.34. The lowest BCUT2D eigenvalue weighted by Gasteiger charge is -2.33. The molecule has 72 valence electrons. The van der Waals surface area contributed by atoms with Gasteiger partial charge in [0.15, 0.2) is 0 Å². The third-order valence-corrected chi connectivity index (χ3v) is 4.22. The van der Waals surface area contributed by atoms with Gasteiger partial charge in [-0.3, -0.25) is 0 Å². The lowest BCUT2D eigenvalue weighted by atomic mass is 9.77. The summed E-state index contributed by atoms with van der Waals surface area (Å²) >= 11 is 0. The van der Waals surface area contributed by atoms with Crippen LogP contribution in [0.3, 0.4) is 0 Å². The van der Waals surface area contributed by atoms with Gasteiger partial charge in [0.25, 0.3) is 0 Å². The van der Waals surface area contributed by atoms with E-state index in [0.717, 1.165) is 12.8 Å². The molecule has 1 rings (SSSR count). The Kier molecular flexibility index (Phi) is 2.28. The molecule has 1 unspecified atom stereocenters. The van der Waals surface area contributed by atoms with Gasteiger partial charge in [-0.25, -0.2) is 0 Å². The third kappa shape index (κ3) is 1.19. The van der Waals surface area contributed by atoms with Crippen molar-refractivity contribution in [1.82, 2.24) is 0 Å². The minimum Gasteiger partial charge on any atom is -0.392 e. The van der Waals surface area contributed by atoms with Gasteiger partial charge in [0.2, 0.25) is 0 Å². The Morgan fingerprint density at radius 3 is 2.00 bits per heavy atom. The standard InChI is InChI=1S/C11H22O/c1-6-11(5)7-8(2)10(3,4)9(11)12/h8-9,12H,6-7H2,1-5H3/t8?,9-,11+/m0/s1. The summed E-state index contributed by atoms with van der Waals surface area (Å²) in [6.07, 6.45) is 2.12. The molecule has 0 bridgehead atoms. The highest BCUT2D eigenvalue weighted by Crippen LogP contribution is 2.54. The zero-order valence-electron chi connectivity index (χ0n) is 9.02. The Balaban J connectivity index is 2.90. The molecule has 1 saturated carbocycles. The molecule has 0 heterocycles. The van der Waals surface area contributed by atoms with Crippen molar-refractivity contribution in [3.63, 3.8) is 0 Å². The Morgan fingerprint density at radius 2 is 1.83 bits per heavy atom. The van der Waals surface area contributed by atoms with Crippen LogP contribution in [0, 0.1) is 16.7 Å². The molecule has 0 radical (unpaired) electrons. The van der Waals surface area contributed by atoms with Gasteiger partial charge < -0.3 is 5.11 Å². The fraction of sp³-hybridized carbons (Fsp3) is 1.00. The lowest BCUT2D eigenvalue weighted by Crippen LogP contribution is -2.35. The quantitative estimate of drug-likeness (QED) is 0.641. The van der Waals surface area contributed by atoms with E-state index in [0.29, 0.717) is 5.92 Å². The summed E-state index contributed by atoms with van der Waals surface area (Å²) in [4.78, 5) is 0. The molecule has 1 fully saturated rings. The Hall–Kier alpha value is -0.0400. The summed E-state index contributed by atoms with van der Waals surface area (Å²) in [5, 5.41) is 10.1. The van der Waals surface area contributed by atoms with E-state index in [9.17, 15) is 5.11 Å². The molecule has 0 aromatic carbocycles. The zero-order chi connectivity index (χ0) is 9.57. The topological polar surface area (TPSA) is 20.2 Å². The van der Waals surface area contributed by atoms with Crippen molar-refractivity contribution in [2.45, 2.75) is 53.6 Å². The van der Waals surface area contributed by atoms with E-state index in [1.807, 2.05) is 0 Å². The van der Waals surface area contributed by atoms with Gasteiger partial charge in [-0.1, -0.05) is 34.6 Å². The van der Waals surface area contributed by atoms with Crippen LogP contribution in [0.4, 0.5) is 0 Å². The predicted octanol–water partition coefficient (Wildman–Crippen LogP) is 2.83. The van der Waals surface area contributed by atoms with Gasteiger partial charge >= 0.3 is 0 Å². The highest BCUT2D eigenvalue weighted by atomic mass is 16.3. The van der Waals surface area contributed by atoms with Gasteiger partial charge in [-0.05, 0) is 29.6 Å². The van der Waals surface area contributed by atoms with E-state index in [1.54, 1.807) is 0 Å². The fourth-order valence-corrected chi connectivity index (χ4v) is 2.58. The van der Waals surface area contributed by atoms with Crippen LogP contribution in [0.5, 0.6) is 0 Å². The Morgan fingerprint density at radius 1 is 1.33 bits per heavy atom. The Labute approximate surface area is 76.2 Å². The van der Waals surface area contributed by atoms with Crippen LogP contribution >= 0.6 is 0 Å². The van der Waals surface area contributed by atoms with E-state index in [-0.39, 0.29) is 16.9 Å². The molecule has 0 saturated heterocycles. The van der Waals surface area contributed by atoms with Crippen LogP contribution in [0.15, 0.2) is 0 Å². The smallest absolute Gasteiger partial charge is 0.0647 e. The molecule has 12 heavy (non-hydrogen) atoms. The van der Waals surface area contributed by atoms with Crippen molar-refractivity contribution >= 4 is 0 Å². The summed E-state index contributed by atoms with van der Waals surface area (Å²) in [7, 11) is 0. The first-order valence-electron chi connectivity index (χ1n) is 5.02. The summed E-state index contributed by atoms with van der Waals surface area (Å²) in [5.74, 6) is 0.637. The minimum absolute atomic E-state index is 0.102. The van der Waals surface area contributed by atoms with E-state index < -0.39 is 0 Å². The Bertz CT molecular complexity index is 174. The predicted molar refractivity (Wildman–Crippen MR) is 52.0 cm³/mol. The molecule has 0 aromatic rings. The van der Waals surface area contributed by atoms with Crippen molar-refractivity contribution in [3.8, 4) is 0 Å². The maximum Gasteiger partial charge on any atom is 0.0647 e. The van der Waals surface area contributed by atoms with Crippen LogP contribution in [-0.4, -0.2) is 11.2 Å². The summed E-state index contributed by atoms with van der Waals surface area (Å²) in [6.45, 7) is 11.0. The van der Waals surface area contributed by atoms with Gasteiger partial charge in [0.05, 0.1) is 6.10 Å². The first kappa shape index (κ1) is 10.0. The van der Waals surface area contributed by atoms with E-state index in [4.69, 9.17) is 0 Å². The molecular weight excluding hydrogens is 148 g/mol. The zero-order valence-corrected chi connectivity index (χ0v) is 9.02. The average molecular weight is 170 g/mol. The number of aliphatic hydroxyl groups is 1. The maximum absolute atomic E-state index is 10.1. The first-order valence-corrected chi connectivity index (χ1v) is 5.02. The van der Waals surface area contributed by atoms with Gasteiger partial charge in [0, 0.05) is 0 Å². The van der Waals surface area contributed by atoms with Crippen molar-refractivity contribution in [3.05, 3.63) is 0 Å². The molecular formula is C11H22O. The molecule has 0 aromatic heterocycles. The first-order chi connectivity index (χ1) is 5.34.